The van der Waals surface area contributed by atoms with Crippen molar-refractivity contribution in [3.8, 4) is 0 Å². The van der Waals surface area contributed by atoms with Crippen molar-refractivity contribution in [2.75, 3.05) is 39.4 Å². The number of pyridine rings is 1. The summed E-state index contributed by atoms with van der Waals surface area (Å²) in [6.07, 6.45) is 3.48. The van der Waals surface area contributed by atoms with Crippen molar-refractivity contribution in [2.24, 2.45) is 0 Å². The number of nitrogens with zero attached hydrogens (tertiary/aromatic N) is 2. The predicted molar refractivity (Wildman–Crippen MR) is 81.3 cm³/mol. The van der Waals surface area contributed by atoms with Crippen molar-refractivity contribution < 1.29 is 9.53 Å². The Morgan fingerprint density at radius 3 is 3.00 bits per heavy atom. The molecule has 1 aliphatic heterocycles. The van der Waals surface area contributed by atoms with Crippen LogP contribution in [0.1, 0.15) is 10.4 Å². The molecule has 1 saturated heterocycles. The van der Waals surface area contributed by atoms with Gasteiger partial charge in [0, 0.05) is 49.5 Å². The Morgan fingerprint density at radius 2 is 2.14 bits per heavy atom. The second kappa shape index (κ2) is 6.65. The number of rotatable bonds is 4. The fourth-order valence-corrected chi connectivity index (χ4v) is 2.56. The zero-order valence-electron chi connectivity index (χ0n) is 11.9. The Balaban J connectivity index is 1.61. The van der Waals surface area contributed by atoms with Gasteiger partial charge in [-0.2, -0.15) is 0 Å². The second-order valence-electron chi connectivity index (χ2n) is 5.11. The van der Waals surface area contributed by atoms with E-state index in [4.69, 9.17) is 4.74 Å². The summed E-state index contributed by atoms with van der Waals surface area (Å²) >= 11 is 0. The molecular formula is C16H19N3O2. The number of hydrogen-bond donors (Lipinski definition) is 1. The van der Waals surface area contributed by atoms with Crippen molar-refractivity contribution in [1.82, 2.24) is 15.2 Å². The Kier molecular flexibility index (Phi) is 4.43. The SMILES string of the molecule is O=C(NCCN1CCOCC1)c1cccc2ccncc12. The van der Waals surface area contributed by atoms with Crippen molar-refractivity contribution in [3.63, 3.8) is 0 Å². The average Bonchev–Trinajstić information content (AvgIpc) is 2.55. The fraction of sp³-hybridized carbons (Fsp3) is 0.375. The first kappa shape index (κ1) is 14.0. The fourth-order valence-electron chi connectivity index (χ4n) is 2.56. The highest BCUT2D eigenvalue weighted by Gasteiger charge is 2.12. The molecule has 110 valence electrons. The number of morpholine rings is 1. The van der Waals surface area contributed by atoms with Crippen molar-refractivity contribution in [2.45, 2.75) is 0 Å². The molecule has 1 amide bonds. The van der Waals surface area contributed by atoms with Gasteiger partial charge in [0.1, 0.15) is 0 Å². The number of benzene rings is 1. The van der Waals surface area contributed by atoms with Gasteiger partial charge in [-0.25, -0.2) is 0 Å². The normalized spacial score (nSPS) is 16.0. The molecule has 0 atom stereocenters. The molecule has 2 heterocycles. The second-order valence-corrected chi connectivity index (χ2v) is 5.11. The quantitative estimate of drug-likeness (QED) is 0.920. The molecule has 0 bridgehead atoms. The molecule has 1 N–H and O–H groups in total. The largest absolute Gasteiger partial charge is 0.379 e. The van der Waals surface area contributed by atoms with E-state index in [0.717, 1.165) is 43.6 Å². The molecule has 1 aromatic heterocycles. The van der Waals surface area contributed by atoms with Gasteiger partial charge < -0.3 is 10.1 Å². The van der Waals surface area contributed by atoms with Crippen LogP contribution >= 0.6 is 0 Å². The highest BCUT2D eigenvalue weighted by Crippen LogP contribution is 2.17. The van der Waals surface area contributed by atoms with E-state index in [1.807, 2.05) is 24.3 Å². The van der Waals surface area contributed by atoms with E-state index in [2.05, 4.69) is 15.2 Å². The van der Waals surface area contributed by atoms with E-state index in [-0.39, 0.29) is 5.91 Å². The summed E-state index contributed by atoms with van der Waals surface area (Å²) in [4.78, 5) is 18.7. The van der Waals surface area contributed by atoms with Crippen molar-refractivity contribution in [3.05, 3.63) is 42.2 Å². The summed E-state index contributed by atoms with van der Waals surface area (Å²) in [5.74, 6) is -0.0399. The predicted octanol–water partition coefficient (Wildman–Crippen LogP) is 1.30. The standard InChI is InChI=1S/C16H19N3O2/c20-16(18-6-7-19-8-10-21-11-9-19)14-3-1-2-13-4-5-17-12-15(13)14/h1-5,12H,6-11H2,(H,18,20). The third-order valence-electron chi connectivity index (χ3n) is 3.75. The van der Waals surface area contributed by atoms with Crippen LogP contribution in [0.4, 0.5) is 0 Å². The van der Waals surface area contributed by atoms with Gasteiger partial charge in [-0.05, 0) is 17.5 Å². The van der Waals surface area contributed by atoms with Gasteiger partial charge >= 0.3 is 0 Å². The minimum Gasteiger partial charge on any atom is -0.379 e. The van der Waals surface area contributed by atoms with Crippen LogP contribution in [0.25, 0.3) is 10.8 Å². The summed E-state index contributed by atoms with van der Waals surface area (Å²) in [6, 6.07) is 7.65. The molecule has 0 aliphatic carbocycles. The minimum atomic E-state index is -0.0399. The molecule has 0 unspecified atom stereocenters. The van der Waals surface area contributed by atoms with Crippen molar-refractivity contribution in [1.29, 1.82) is 0 Å². The lowest BCUT2D eigenvalue weighted by molar-refractivity contribution is 0.0383. The molecular weight excluding hydrogens is 266 g/mol. The molecule has 21 heavy (non-hydrogen) atoms. The summed E-state index contributed by atoms with van der Waals surface area (Å²) in [6.45, 7) is 4.95. The Labute approximate surface area is 123 Å². The molecule has 0 radical (unpaired) electrons. The van der Waals surface area contributed by atoms with Crippen LogP contribution in [-0.2, 0) is 4.74 Å². The lowest BCUT2D eigenvalue weighted by Gasteiger charge is -2.26. The number of carbonyl (C=O) groups excluding carboxylic acids is 1. The monoisotopic (exact) mass is 285 g/mol. The van der Waals surface area contributed by atoms with E-state index >= 15 is 0 Å². The number of hydrogen-bond acceptors (Lipinski definition) is 4. The number of fused-ring (bicyclic) bond motifs is 1. The van der Waals surface area contributed by atoms with Crippen LogP contribution in [0.2, 0.25) is 0 Å². The van der Waals surface area contributed by atoms with Crippen LogP contribution in [0, 0.1) is 0 Å². The smallest absolute Gasteiger partial charge is 0.252 e. The van der Waals surface area contributed by atoms with Gasteiger partial charge in [0.2, 0.25) is 0 Å². The van der Waals surface area contributed by atoms with Gasteiger partial charge in [0.25, 0.3) is 5.91 Å². The van der Waals surface area contributed by atoms with Crippen LogP contribution in [0.5, 0.6) is 0 Å². The number of amides is 1. The Bertz CT molecular complexity index is 618. The summed E-state index contributed by atoms with van der Waals surface area (Å²) < 4.78 is 5.31. The topological polar surface area (TPSA) is 54.5 Å². The van der Waals surface area contributed by atoms with Crippen LogP contribution in [0.15, 0.2) is 36.7 Å². The molecule has 1 aliphatic rings. The molecule has 2 aromatic rings. The lowest BCUT2D eigenvalue weighted by atomic mass is 10.1. The third kappa shape index (κ3) is 3.37. The highest BCUT2D eigenvalue weighted by atomic mass is 16.5. The molecule has 0 spiro atoms. The number of nitrogens with one attached hydrogen (secondary N) is 1. The summed E-state index contributed by atoms with van der Waals surface area (Å²) in [7, 11) is 0. The zero-order chi connectivity index (χ0) is 14.5. The van der Waals surface area contributed by atoms with E-state index < -0.39 is 0 Å². The first-order valence-electron chi connectivity index (χ1n) is 7.25. The molecule has 1 fully saturated rings. The van der Waals surface area contributed by atoms with E-state index in [1.165, 1.54) is 0 Å². The van der Waals surface area contributed by atoms with Gasteiger partial charge in [-0.15, -0.1) is 0 Å². The minimum absolute atomic E-state index is 0.0399. The van der Waals surface area contributed by atoms with Crippen LogP contribution in [0.3, 0.4) is 0 Å². The van der Waals surface area contributed by atoms with Gasteiger partial charge in [0.05, 0.1) is 13.2 Å². The zero-order valence-corrected chi connectivity index (χ0v) is 11.9. The molecule has 5 heteroatoms. The molecule has 0 saturated carbocycles. The lowest BCUT2D eigenvalue weighted by Crippen LogP contribution is -2.41. The maximum atomic E-state index is 12.3. The Morgan fingerprint density at radius 1 is 1.29 bits per heavy atom. The van der Waals surface area contributed by atoms with E-state index in [0.29, 0.717) is 12.1 Å². The number of carbonyl (C=O) groups is 1. The van der Waals surface area contributed by atoms with Crippen LogP contribution < -0.4 is 5.32 Å². The first-order valence-corrected chi connectivity index (χ1v) is 7.25. The average molecular weight is 285 g/mol. The van der Waals surface area contributed by atoms with Gasteiger partial charge in [-0.1, -0.05) is 12.1 Å². The van der Waals surface area contributed by atoms with Gasteiger partial charge in [-0.3, -0.25) is 14.7 Å². The molecule has 1 aromatic carbocycles. The van der Waals surface area contributed by atoms with E-state index in [9.17, 15) is 4.79 Å². The Hall–Kier alpha value is -1.98. The summed E-state index contributed by atoms with van der Waals surface area (Å²) in [5.41, 5.74) is 0.683. The van der Waals surface area contributed by atoms with E-state index in [1.54, 1.807) is 12.4 Å². The van der Waals surface area contributed by atoms with Crippen molar-refractivity contribution >= 4 is 16.7 Å². The first-order chi connectivity index (χ1) is 10.3. The van der Waals surface area contributed by atoms with Gasteiger partial charge in [0.15, 0.2) is 0 Å². The summed E-state index contributed by atoms with van der Waals surface area (Å²) in [5, 5.41) is 4.91. The maximum Gasteiger partial charge on any atom is 0.252 e. The third-order valence-corrected chi connectivity index (χ3v) is 3.75. The number of aromatic nitrogens is 1. The highest BCUT2D eigenvalue weighted by molar-refractivity contribution is 6.06. The maximum absolute atomic E-state index is 12.3. The molecule has 5 nitrogen and oxygen atoms in total. The molecule has 3 rings (SSSR count). The number of ether oxygens (including phenoxy) is 1. The van der Waals surface area contributed by atoms with Crippen LogP contribution in [-0.4, -0.2) is 55.2 Å².